The fourth-order valence-electron chi connectivity index (χ4n) is 1.83. The summed E-state index contributed by atoms with van der Waals surface area (Å²) in [4.78, 5) is 21.3. The van der Waals surface area contributed by atoms with Crippen molar-refractivity contribution in [3.05, 3.63) is 0 Å². The molecule has 1 rings (SSSR count). The molecule has 0 bridgehead atoms. The summed E-state index contributed by atoms with van der Waals surface area (Å²) in [5, 5.41) is 35.8. The predicted molar refractivity (Wildman–Crippen MR) is 43.5 cm³/mol. The molecule has 1 aliphatic rings. The molecule has 0 aliphatic heterocycles. The number of hydrogen-bond donors (Lipinski definition) is 4. The second-order valence-electron chi connectivity index (χ2n) is 3.68. The lowest BCUT2D eigenvalue weighted by molar-refractivity contribution is -0.152. The van der Waals surface area contributed by atoms with Crippen LogP contribution in [0.25, 0.3) is 0 Å². The largest absolute Gasteiger partial charge is 0.481 e. The Balaban J connectivity index is 2.85. The van der Waals surface area contributed by atoms with Crippen LogP contribution in [0.5, 0.6) is 0 Å². The van der Waals surface area contributed by atoms with Crippen LogP contribution in [0.1, 0.15) is 12.8 Å². The number of rotatable bonds is 3. The van der Waals surface area contributed by atoms with Gasteiger partial charge in [-0.05, 0) is 12.8 Å². The zero-order valence-corrected chi connectivity index (χ0v) is 7.38. The first-order valence-corrected chi connectivity index (χ1v) is 4.18. The summed E-state index contributed by atoms with van der Waals surface area (Å²) in [6, 6.07) is 0. The van der Waals surface area contributed by atoms with E-state index in [0.29, 0.717) is 0 Å². The van der Waals surface area contributed by atoms with Crippen LogP contribution in [0.4, 0.5) is 0 Å². The minimum absolute atomic E-state index is 0.212. The van der Waals surface area contributed by atoms with E-state index in [9.17, 15) is 14.7 Å². The average molecular weight is 204 g/mol. The summed E-state index contributed by atoms with van der Waals surface area (Å²) in [6.45, 7) is -0.611. The van der Waals surface area contributed by atoms with Crippen molar-refractivity contribution in [2.24, 2.45) is 11.8 Å². The summed E-state index contributed by atoms with van der Waals surface area (Å²) >= 11 is 0. The predicted octanol–water partition coefficient (Wildman–Crippen LogP) is -1.09. The van der Waals surface area contributed by atoms with Crippen LogP contribution in [0.2, 0.25) is 0 Å². The lowest BCUT2D eigenvalue weighted by Gasteiger charge is -2.18. The van der Waals surface area contributed by atoms with E-state index in [-0.39, 0.29) is 12.8 Å². The number of aliphatic hydroxyl groups excluding tert-OH is 1. The molecule has 0 saturated heterocycles. The van der Waals surface area contributed by atoms with Gasteiger partial charge in [0.1, 0.15) is 0 Å². The first-order chi connectivity index (χ1) is 6.39. The summed E-state index contributed by atoms with van der Waals surface area (Å²) < 4.78 is 0. The zero-order chi connectivity index (χ0) is 10.9. The molecule has 80 valence electrons. The highest BCUT2D eigenvalue weighted by Gasteiger charge is 2.50. The molecule has 4 N–H and O–H groups in total. The molecule has 0 aromatic heterocycles. The summed E-state index contributed by atoms with van der Waals surface area (Å²) in [6.07, 6.45) is -0.425. The smallest absolute Gasteiger partial charge is 0.307 e. The van der Waals surface area contributed by atoms with Crippen LogP contribution in [-0.4, -0.2) is 44.6 Å². The summed E-state index contributed by atoms with van der Waals surface area (Å²) in [5.74, 6) is -4.74. The van der Waals surface area contributed by atoms with E-state index in [1.54, 1.807) is 0 Å². The molecule has 1 aliphatic carbocycles. The first-order valence-electron chi connectivity index (χ1n) is 4.18. The molecular formula is C8H12O6. The SMILES string of the molecule is O=C(O)C1CC(O)(CO)CC1C(=O)O. The lowest BCUT2D eigenvalue weighted by atomic mass is 9.97. The van der Waals surface area contributed by atoms with E-state index in [1.165, 1.54) is 0 Å². The molecule has 0 radical (unpaired) electrons. The quantitative estimate of drug-likeness (QED) is 0.464. The van der Waals surface area contributed by atoms with Gasteiger partial charge in [0.2, 0.25) is 0 Å². The molecule has 0 aromatic rings. The topological polar surface area (TPSA) is 115 Å². The fraction of sp³-hybridized carbons (Fsp3) is 0.750. The Bertz CT molecular complexity index is 239. The highest BCUT2D eigenvalue weighted by Crippen LogP contribution is 2.39. The van der Waals surface area contributed by atoms with Crippen molar-refractivity contribution in [2.45, 2.75) is 18.4 Å². The molecule has 2 unspecified atom stereocenters. The fourth-order valence-corrected chi connectivity index (χ4v) is 1.83. The first kappa shape index (κ1) is 10.9. The molecule has 0 spiro atoms. The monoisotopic (exact) mass is 204 g/mol. The molecule has 1 saturated carbocycles. The van der Waals surface area contributed by atoms with E-state index < -0.39 is 36.0 Å². The third kappa shape index (κ3) is 1.85. The van der Waals surface area contributed by atoms with Crippen LogP contribution in [0, 0.1) is 11.8 Å². The van der Waals surface area contributed by atoms with Gasteiger partial charge in [-0.1, -0.05) is 0 Å². The maximum atomic E-state index is 10.7. The van der Waals surface area contributed by atoms with E-state index in [2.05, 4.69) is 0 Å². The molecule has 6 heteroatoms. The summed E-state index contributed by atoms with van der Waals surface area (Å²) in [7, 11) is 0. The third-order valence-electron chi connectivity index (χ3n) is 2.61. The van der Waals surface area contributed by atoms with Crippen molar-refractivity contribution in [1.82, 2.24) is 0 Å². The molecule has 6 nitrogen and oxygen atoms in total. The standard InChI is InChI=1S/C8H12O6/c9-3-8(14)1-4(6(10)11)5(2-8)7(12)13/h4-5,9,14H,1-3H2,(H,10,11)(H,12,13). The van der Waals surface area contributed by atoms with Gasteiger partial charge in [0, 0.05) is 0 Å². The number of aliphatic carboxylic acids is 2. The van der Waals surface area contributed by atoms with Crippen molar-refractivity contribution in [3.63, 3.8) is 0 Å². The maximum Gasteiger partial charge on any atom is 0.307 e. The third-order valence-corrected chi connectivity index (χ3v) is 2.61. The van der Waals surface area contributed by atoms with E-state index in [1.807, 2.05) is 0 Å². The van der Waals surface area contributed by atoms with Gasteiger partial charge in [-0.25, -0.2) is 0 Å². The second-order valence-corrected chi connectivity index (χ2v) is 3.68. The Morgan fingerprint density at radius 2 is 1.50 bits per heavy atom. The van der Waals surface area contributed by atoms with Crippen molar-refractivity contribution in [2.75, 3.05) is 6.61 Å². The van der Waals surface area contributed by atoms with Gasteiger partial charge >= 0.3 is 11.9 Å². The Morgan fingerprint density at radius 3 is 1.71 bits per heavy atom. The maximum absolute atomic E-state index is 10.7. The molecule has 1 fully saturated rings. The van der Waals surface area contributed by atoms with E-state index in [0.717, 1.165) is 0 Å². The Kier molecular flexibility index (Phi) is 2.77. The van der Waals surface area contributed by atoms with Gasteiger partial charge in [0.15, 0.2) is 0 Å². The van der Waals surface area contributed by atoms with Gasteiger partial charge in [0.25, 0.3) is 0 Å². The molecule has 2 atom stereocenters. The van der Waals surface area contributed by atoms with Crippen molar-refractivity contribution in [1.29, 1.82) is 0 Å². The number of carboxylic acid groups (broad SMARTS) is 2. The zero-order valence-electron chi connectivity index (χ0n) is 7.38. The van der Waals surface area contributed by atoms with E-state index >= 15 is 0 Å². The van der Waals surface area contributed by atoms with Crippen molar-refractivity contribution in [3.8, 4) is 0 Å². The van der Waals surface area contributed by atoms with Crippen molar-refractivity contribution >= 4 is 11.9 Å². The van der Waals surface area contributed by atoms with Crippen LogP contribution in [0.3, 0.4) is 0 Å². The molecule has 14 heavy (non-hydrogen) atoms. The number of hydrogen-bond acceptors (Lipinski definition) is 4. The normalized spacial score (nSPS) is 37.0. The van der Waals surface area contributed by atoms with Crippen LogP contribution < -0.4 is 0 Å². The van der Waals surface area contributed by atoms with Gasteiger partial charge in [0.05, 0.1) is 24.0 Å². The molecule has 0 heterocycles. The van der Waals surface area contributed by atoms with E-state index in [4.69, 9.17) is 15.3 Å². The molecule has 0 aromatic carbocycles. The van der Waals surface area contributed by atoms with Crippen LogP contribution in [-0.2, 0) is 9.59 Å². The van der Waals surface area contributed by atoms with Crippen molar-refractivity contribution < 1.29 is 30.0 Å². The Labute approximate surface area is 79.8 Å². The lowest BCUT2D eigenvalue weighted by Crippen LogP contribution is -2.30. The second kappa shape index (κ2) is 3.55. The average Bonchev–Trinajstić information content (AvgIpc) is 2.45. The van der Waals surface area contributed by atoms with Gasteiger partial charge in [-0.15, -0.1) is 0 Å². The molecular weight excluding hydrogens is 192 g/mol. The van der Waals surface area contributed by atoms with Gasteiger partial charge in [-0.2, -0.15) is 0 Å². The van der Waals surface area contributed by atoms with Gasteiger partial charge in [-0.3, -0.25) is 9.59 Å². The van der Waals surface area contributed by atoms with Crippen LogP contribution >= 0.6 is 0 Å². The Hall–Kier alpha value is -1.14. The number of aliphatic hydroxyl groups is 2. The van der Waals surface area contributed by atoms with Crippen LogP contribution in [0.15, 0.2) is 0 Å². The van der Waals surface area contributed by atoms with Gasteiger partial charge < -0.3 is 20.4 Å². The minimum Gasteiger partial charge on any atom is -0.481 e. The summed E-state index contributed by atoms with van der Waals surface area (Å²) in [5.41, 5.74) is -1.56. The minimum atomic E-state index is -1.56. The molecule has 0 amide bonds. The Morgan fingerprint density at radius 1 is 1.14 bits per heavy atom. The highest BCUT2D eigenvalue weighted by atomic mass is 16.4. The number of carbonyl (C=O) groups is 2. The highest BCUT2D eigenvalue weighted by molar-refractivity contribution is 5.81. The number of carboxylic acids is 2.